The van der Waals surface area contributed by atoms with Gasteiger partial charge in [-0.2, -0.15) is 0 Å². The Morgan fingerprint density at radius 1 is 1.10 bits per heavy atom. The summed E-state index contributed by atoms with van der Waals surface area (Å²) < 4.78 is 15.2. The van der Waals surface area contributed by atoms with Gasteiger partial charge in [0.2, 0.25) is 11.8 Å². The van der Waals surface area contributed by atoms with Gasteiger partial charge in [-0.1, -0.05) is 0 Å². The van der Waals surface area contributed by atoms with Crippen molar-refractivity contribution in [2.75, 3.05) is 33.1 Å². The topological polar surface area (TPSA) is 98.1 Å². The van der Waals surface area contributed by atoms with Crippen LogP contribution in [0.15, 0.2) is 46.9 Å². The van der Waals surface area contributed by atoms with E-state index in [-0.39, 0.29) is 30.7 Å². The number of anilines is 1. The molecule has 2 amide bonds. The number of carbonyl (C=O) groups excluding carboxylic acids is 3. The Balaban J connectivity index is 1.82. The second kappa shape index (κ2) is 10.7. The predicted molar refractivity (Wildman–Crippen MR) is 107 cm³/mol. The summed E-state index contributed by atoms with van der Waals surface area (Å²) >= 11 is 0. The van der Waals surface area contributed by atoms with Gasteiger partial charge in [-0.05, 0) is 42.5 Å². The van der Waals surface area contributed by atoms with Crippen LogP contribution in [0.5, 0.6) is 5.75 Å². The number of esters is 1. The maximum Gasteiger partial charge on any atom is 0.305 e. The second-order valence-electron chi connectivity index (χ2n) is 6.18. The van der Waals surface area contributed by atoms with Crippen LogP contribution in [0.2, 0.25) is 0 Å². The Labute approximate surface area is 169 Å². The number of carbonyl (C=O) groups is 3. The van der Waals surface area contributed by atoms with E-state index in [4.69, 9.17) is 9.15 Å². The van der Waals surface area contributed by atoms with Gasteiger partial charge in [0.25, 0.3) is 0 Å². The summed E-state index contributed by atoms with van der Waals surface area (Å²) in [6.07, 6.45) is 3.48. The number of nitrogens with one attached hydrogen (secondary N) is 1. The highest BCUT2D eigenvalue weighted by molar-refractivity contribution is 5.97. The Bertz CT molecular complexity index is 870. The van der Waals surface area contributed by atoms with Crippen LogP contribution in [0.25, 0.3) is 6.08 Å². The van der Waals surface area contributed by atoms with E-state index in [1.807, 2.05) is 0 Å². The number of benzene rings is 1. The number of likely N-dealkylation sites (N-methyl/N-ethyl adjacent to an activating group) is 1. The molecule has 0 spiro atoms. The van der Waals surface area contributed by atoms with E-state index in [0.717, 1.165) is 0 Å². The molecule has 0 radical (unpaired) electrons. The molecule has 0 saturated heterocycles. The Morgan fingerprint density at radius 3 is 2.48 bits per heavy atom. The highest BCUT2D eigenvalue weighted by Gasteiger charge is 2.11. The van der Waals surface area contributed by atoms with Crippen molar-refractivity contribution >= 4 is 29.5 Å². The molecule has 0 atom stereocenters. The first kappa shape index (κ1) is 21.7. The Hall–Kier alpha value is -3.55. The molecule has 1 aromatic heterocycles. The van der Waals surface area contributed by atoms with Crippen molar-refractivity contribution in [3.05, 3.63) is 54.0 Å². The van der Waals surface area contributed by atoms with Gasteiger partial charge >= 0.3 is 5.97 Å². The number of ether oxygens (including phenoxy) is 2. The zero-order chi connectivity index (χ0) is 21.2. The van der Waals surface area contributed by atoms with Crippen LogP contribution < -0.4 is 10.1 Å². The lowest BCUT2D eigenvalue weighted by Crippen LogP contribution is -2.33. The zero-order valence-electron chi connectivity index (χ0n) is 16.6. The highest BCUT2D eigenvalue weighted by atomic mass is 16.5. The molecule has 0 aliphatic carbocycles. The van der Waals surface area contributed by atoms with Gasteiger partial charge in [-0.25, -0.2) is 0 Å². The van der Waals surface area contributed by atoms with Gasteiger partial charge in [-0.3, -0.25) is 14.4 Å². The van der Waals surface area contributed by atoms with E-state index in [1.54, 1.807) is 43.5 Å². The standard InChI is InChI=1S/C21H24N2O6/c1-23(14-19(24)22-15-4-6-16(27-2)7-5-15)20(25)12-10-17-8-9-18(29-17)11-13-21(26)28-3/h4-10,12H,11,13-14H2,1-3H3,(H,22,24)/b12-10+. The quantitative estimate of drug-likeness (QED) is 0.513. The van der Waals surface area contributed by atoms with Crippen LogP contribution in [0, 0.1) is 0 Å². The van der Waals surface area contributed by atoms with Crippen LogP contribution in [0.4, 0.5) is 5.69 Å². The van der Waals surface area contributed by atoms with Crippen molar-refractivity contribution in [1.82, 2.24) is 4.90 Å². The first-order valence-corrected chi connectivity index (χ1v) is 8.94. The van der Waals surface area contributed by atoms with E-state index < -0.39 is 0 Å². The molecule has 1 heterocycles. The fourth-order valence-corrected chi connectivity index (χ4v) is 2.39. The lowest BCUT2D eigenvalue weighted by Gasteiger charge is -2.14. The fraction of sp³-hybridized carbons (Fsp3) is 0.286. The number of methoxy groups -OCH3 is 2. The maximum atomic E-state index is 12.2. The van der Waals surface area contributed by atoms with Gasteiger partial charge in [0, 0.05) is 25.2 Å². The molecule has 0 bridgehead atoms. The summed E-state index contributed by atoms with van der Waals surface area (Å²) in [5, 5.41) is 2.72. The molecule has 0 fully saturated rings. The largest absolute Gasteiger partial charge is 0.497 e. The molecule has 154 valence electrons. The third-order valence-electron chi connectivity index (χ3n) is 4.01. The van der Waals surface area contributed by atoms with Crippen molar-refractivity contribution in [3.8, 4) is 5.75 Å². The van der Waals surface area contributed by atoms with Crippen LogP contribution in [-0.2, 0) is 25.5 Å². The summed E-state index contributed by atoms with van der Waals surface area (Å²) in [4.78, 5) is 36.7. The first-order valence-electron chi connectivity index (χ1n) is 8.94. The number of rotatable bonds is 9. The summed E-state index contributed by atoms with van der Waals surface area (Å²) in [5.74, 6) is 0.809. The number of hydrogen-bond acceptors (Lipinski definition) is 6. The lowest BCUT2D eigenvalue weighted by molar-refractivity contribution is -0.140. The van der Waals surface area contributed by atoms with Gasteiger partial charge in [-0.15, -0.1) is 0 Å². The van der Waals surface area contributed by atoms with Crippen LogP contribution >= 0.6 is 0 Å². The Kier molecular flexibility index (Phi) is 8.02. The summed E-state index contributed by atoms with van der Waals surface area (Å²) in [7, 11) is 4.43. The number of nitrogens with zero attached hydrogens (tertiary/aromatic N) is 1. The average molecular weight is 400 g/mol. The van der Waals surface area contributed by atoms with Crippen molar-refractivity contribution in [3.63, 3.8) is 0 Å². The first-order chi connectivity index (χ1) is 13.9. The molecule has 2 aromatic rings. The normalized spacial score (nSPS) is 10.6. The van der Waals surface area contributed by atoms with Gasteiger partial charge in [0.1, 0.15) is 17.3 Å². The molecule has 1 N–H and O–H groups in total. The average Bonchev–Trinajstić information content (AvgIpc) is 3.18. The van der Waals surface area contributed by atoms with Gasteiger partial charge < -0.3 is 24.1 Å². The highest BCUT2D eigenvalue weighted by Crippen LogP contribution is 2.15. The number of amides is 2. The van der Waals surface area contributed by atoms with Gasteiger partial charge in [0.05, 0.1) is 27.2 Å². The molecular formula is C21H24N2O6. The third-order valence-corrected chi connectivity index (χ3v) is 4.01. The molecule has 0 aliphatic rings. The minimum Gasteiger partial charge on any atom is -0.497 e. The number of hydrogen-bond donors (Lipinski definition) is 1. The Morgan fingerprint density at radius 2 is 1.83 bits per heavy atom. The monoisotopic (exact) mass is 400 g/mol. The maximum absolute atomic E-state index is 12.2. The third kappa shape index (κ3) is 7.17. The van der Waals surface area contributed by atoms with Crippen molar-refractivity contribution in [2.45, 2.75) is 12.8 Å². The van der Waals surface area contributed by atoms with E-state index in [1.165, 1.54) is 31.2 Å². The predicted octanol–water partition coefficient (Wildman–Crippen LogP) is 2.50. The van der Waals surface area contributed by atoms with Crippen LogP contribution in [0.3, 0.4) is 0 Å². The minimum atomic E-state index is -0.345. The van der Waals surface area contributed by atoms with E-state index in [9.17, 15) is 14.4 Å². The molecule has 2 rings (SSSR count). The molecule has 0 saturated carbocycles. The van der Waals surface area contributed by atoms with E-state index >= 15 is 0 Å². The minimum absolute atomic E-state index is 0.0995. The molecule has 29 heavy (non-hydrogen) atoms. The number of furan rings is 1. The summed E-state index contributed by atoms with van der Waals surface area (Å²) in [6.45, 7) is -0.0995. The summed E-state index contributed by atoms with van der Waals surface area (Å²) in [6, 6.07) is 10.3. The zero-order valence-corrected chi connectivity index (χ0v) is 16.6. The van der Waals surface area contributed by atoms with E-state index in [2.05, 4.69) is 10.1 Å². The molecular weight excluding hydrogens is 376 g/mol. The van der Waals surface area contributed by atoms with Crippen molar-refractivity contribution in [1.29, 1.82) is 0 Å². The lowest BCUT2D eigenvalue weighted by atomic mass is 10.2. The van der Waals surface area contributed by atoms with Crippen LogP contribution in [-0.4, -0.2) is 50.5 Å². The fourth-order valence-electron chi connectivity index (χ4n) is 2.39. The smallest absolute Gasteiger partial charge is 0.305 e. The SMILES string of the molecule is COC(=O)CCc1ccc(/C=C/C(=O)N(C)CC(=O)Nc2ccc(OC)cc2)o1. The van der Waals surface area contributed by atoms with Crippen molar-refractivity contribution in [2.24, 2.45) is 0 Å². The molecule has 0 aliphatic heterocycles. The summed E-state index contributed by atoms with van der Waals surface area (Å²) in [5.41, 5.74) is 0.613. The molecule has 0 unspecified atom stereocenters. The van der Waals surface area contributed by atoms with Gasteiger partial charge in [0.15, 0.2) is 0 Å². The molecule has 8 heteroatoms. The number of aryl methyl sites for hydroxylation is 1. The molecule has 8 nitrogen and oxygen atoms in total. The van der Waals surface area contributed by atoms with Crippen molar-refractivity contribution < 1.29 is 28.3 Å². The van der Waals surface area contributed by atoms with Crippen LogP contribution in [0.1, 0.15) is 17.9 Å². The second-order valence-corrected chi connectivity index (χ2v) is 6.18. The van der Waals surface area contributed by atoms with E-state index in [0.29, 0.717) is 29.4 Å². The molecule has 1 aromatic carbocycles.